The second-order valence-corrected chi connectivity index (χ2v) is 6.09. The van der Waals surface area contributed by atoms with Crippen molar-refractivity contribution in [3.05, 3.63) is 36.0 Å². The Morgan fingerprint density at radius 1 is 1.26 bits per heavy atom. The van der Waals surface area contributed by atoms with Crippen LogP contribution in [-0.4, -0.2) is 54.8 Å². The Bertz CT molecular complexity index is 659. The Morgan fingerprint density at radius 3 is 2.87 bits per heavy atom. The Hall–Kier alpha value is -1.85. The molecule has 0 atom stereocenters. The highest BCUT2D eigenvalue weighted by Gasteiger charge is 2.11. The topological polar surface area (TPSA) is 46.5 Å². The number of rotatable bonds is 6. The van der Waals surface area contributed by atoms with E-state index in [1.54, 1.807) is 0 Å². The monoisotopic (exact) mass is 315 g/mol. The highest BCUT2D eigenvalue weighted by molar-refractivity contribution is 5.84. The zero-order valence-electron chi connectivity index (χ0n) is 13.8. The van der Waals surface area contributed by atoms with E-state index in [4.69, 9.17) is 4.74 Å². The first-order valence-electron chi connectivity index (χ1n) is 8.34. The minimum absolute atomic E-state index is 0.131. The van der Waals surface area contributed by atoms with Crippen molar-refractivity contribution in [2.45, 2.75) is 12.8 Å². The highest BCUT2D eigenvalue weighted by Crippen LogP contribution is 2.21. The fourth-order valence-corrected chi connectivity index (χ4v) is 3.14. The maximum absolute atomic E-state index is 12.0. The molecule has 3 rings (SSSR count). The maximum atomic E-state index is 12.0. The third-order valence-electron chi connectivity index (χ3n) is 4.45. The number of ether oxygens (including phenoxy) is 1. The molecule has 124 valence electrons. The molecule has 23 heavy (non-hydrogen) atoms. The van der Waals surface area contributed by atoms with Gasteiger partial charge < -0.3 is 14.6 Å². The third-order valence-corrected chi connectivity index (χ3v) is 4.45. The predicted molar refractivity (Wildman–Crippen MR) is 91.5 cm³/mol. The maximum Gasteiger partial charge on any atom is 0.220 e. The molecule has 5 heteroatoms. The van der Waals surface area contributed by atoms with Gasteiger partial charge in [0.2, 0.25) is 5.91 Å². The second kappa shape index (κ2) is 7.62. The molecule has 1 aliphatic heterocycles. The molecule has 1 N–H and O–H groups in total. The fourth-order valence-electron chi connectivity index (χ4n) is 3.14. The normalized spacial score (nSPS) is 15.9. The van der Waals surface area contributed by atoms with Gasteiger partial charge in [-0.15, -0.1) is 0 Å². The fraction of sp³-hybridized carbons (Fsp3) is 0.500. The molecule has 1 aromatic heterocycles. The van der Waals surface area contributed by atoms with Gasteiger partial charge in [-0.1, -0.05) is 18.2 Å². The lowest BCUT2D eigenvalue weighted by Gasteiger charge is -2.26. The largest absolute Gasteiger partial charge is 0.379 e. The van der Waals surface area contributed by atoms with Crippen molar-refractivity contribution in [2.75, 3.05) is 39.4 Å². The smallest absolute Gasteiger partial charge is 0.220 e. The van der Waals surface area contributed by atoms with Gasteiger partial charge in [-0.2, -0.15) is 0 Å². The Kier molecular flexibility index (Phi) is 5.31. The van der Waals surface area contributed by atoms with E-state index in [1.165, 1.54) is 16.5 Å². The van der Waals surface area contributed by atoms with Gasteiger partial charge in [-0.05, 0) is 18.1 Å². The highest BCUT2D eigenvalue weighted by atomic mass is 16.5. The number of hydrogen-bond donors (Lipinski definition) is 1. The predicted octanol–water partition coefficient (Wildman–Crippen LogP) is 1.56. The molecular weight excluding hydrogens is 290 g/mol. The van der Waals surface area contributed by atoms with E-state index in [0.717, 1.165) is 39.3 Å². The molecule has 1 amide bonds. The van der Waals surface area contributed by atoms with E-state index in [1.807, 2.05) is 19.2 Å². The van der Waals surface area contributed by atoms with Crippen LogP contribution in [0.2, 0.25) is 0 Å². The Morgan fingerprint density at radius 2 is 2.04 bits per heavy atom. The van der Waals surface area contributed by atoms with Crippen molar-refractivity contribution in [2.24, 2.45) is 7.05 Å². The first-order chi connectivity index (χ1) is 11.2. The van der Waals surface area contributed by atoms with Crippen molar-refractivity contribution in [3.8, 4) is 0 Å². The first kappa shape index (κ1) is 16.0. The molecule has 1 aliphatic rings. The molecule has 1 fully saturated rings. The second-order valence-electron chi connectivity index (χ2n) is 6.09. The van der Waals surface area contributed by atoms with Crippen molar-refractivity contribution in [3.63, 3.8) is 0 Å². The van der Waals surface area contributed by atoms with Crippen LogP contribution in [0.15, 0.2) is 30.5 Å². The van der Waals surface area contributed by atoms with Crippen molar-refractivity contribution >= 4 is 16.8 Å². The summed E-state index contributed by atoms with van der Waals surface area (Å²) in [5.41, 5.74) is 2.46. The zero-order valence-corrected chi connectivity index (χ0v) is 13.8. The van der Waals surface area contributed by atoms with E-state index in [2.05, 4.69) is 33.1 Å². The van der Waals surface area contributed by atoms with Crippen LogP contribution in [0.4, 0.5) is 0 Å². The number of nitrogens with zero attached hydrogens (tertiary/aromatic N) is 2. The van der Waals surface area contributed by atoms with Crippen LogP contribution in [0.25, 0.3) is 10.9 Å². The summed E-state index contributed by atoms with van der Waals surface area (Å²) in [6, 6.07) is 8.33. The zero-order chi connectivity index (χ0) is 16.1. The summed E-state index contributed by atoms with van der Waals surface area (Å²) < 4.78 is 7.45. The molecule has 1 saturated heterocycles. The number of benzene rings is 1. The van der Waals surface area contributed by atoms with Gasteiger partial charge in [0.15, 0.2) is 0 Å². The van der Waals surface area contributed by atoms with Crippen LogP contribution < -0.4 is 5.32 Å². The summed E-state index contributed by atoms with van der Waals surface area (Å²) in [5, 5.41) is 4.27. The molecular formula is C18H25N3O2. The average Bonchev–Trinajstić information content (AvgIpc) is 2.91. The van der Waals surface area contributed by atoms with E-state index in [0.29, 0.717) is 13.0 Å². The van der Waals surface area contributed by atoms with Gasteiger partial charge in [0.1, 0.15) is 0 Å². The van der Waals surface area contributed by atoms with E-state index in [-0.39, 0.29) is 5.91 Å². The van der Waals surface area contributed by atoms with Crippen LogP contribution in [-0.2, 0) is 23.0 Å². The van der Waals surface area contributed by atoms with Crippen LogP contribution in [0.1, 0.15) is 12.0 Å². The Balaban J connectivity index is 1.45. The number of nitrogens with one attached hydrogen (secondary N) is 1. The molecule has 0 aliphatic carbocycles. The minimum Gasteiger partial charge on any atom is -0.379 e. The van der Waals surface area contributed by atoms with E-state index < -0.39 is 0 Å². The number of aryl methyl sites for hydroxylation is 2. The van der Waals surface area contributed by atoms with E-state index >= 15 is 0 Å². The number of amides is 1. The summed E-state index contributed by atoms with van der Waals surface area (Å²) in [6.45, 7) is 5.15. The van der Waals surface area contributed by atoms with Crippen LogP contribution in [0.3, 0.4) is 0 Å². The number of para-hydroxylation sites is 1. The lowest BCUT2D eigenvalue weighted by atomic mass is 10.1. The van der Waals surface area contributed by atoms with Gasteiger partial charge in [0, 0.05) is 56.7 Å². The number of fused-ring (bicyclic) bond motifs is 1. The minimum atomic E-state index is 0.131. The van der Waals surface area contributed by atoms with Crippen molar-refractivity contribution < 1.29 is 9.53 Å². The molecule has 5 nitrogen and oxygen atoms in total. The van der Waals surface area contributed by atoms with Gasteiger partial charge in [-0.25, -0.2) is 0 Å². The molecule has 2 aromatic rings. The van der Waals surface area contributed by atoms with Gasteiger partial charge >= 0.3 is 0 Å². The molecule has 0 saturated carbocycles. The molecule has 0 bridgehead atoms. The summed E-state index contributed by atoms with van der Waals surface area (Å²) in [5.74, 6) is 0.131. The Labute approximate surface area is 137 Å². The van der Waals surface area contributed by atoms with Crippen LogP contribution in [0, 0.1) is 0 Å². The number of carbonyl (C=O) groups is 1. The third kappa shape index (κ3) is 4.12. The molecule has 0 radical (unpaired) electrons. The van der Waals surface area contributed by atoms with Gasteiger partial charge in [-0.3, -0.25) is 9.69 Å². The lowest BCUT2D eigenvalue weighted by molar-refractivity contribution is -0.121. The summed E-state index contributed by atoms with van der Waals surface area (Å²) in [6.07, 6.45) is 3.45. The summed E-state index contributed by atoms with van der Waals surface area (Å²) >= 11 is 0. The van der Waals surface area contributed by atoms with Gasteiger partial charge in [0.25, 0.3) is 0 Å². The molecule has 0 unspecified atom stereocenters. The SMILES string of the molecule is Cn1cc(CCC(=O)NCCN2CCOCC2)c2ccccc21. The van der Waals surface area contributed by atoms with Gasteiger partial charge in [0.05, 0.1) is 13.2 Å². The number of aromatic nitrogens is 1. The van der Waals surface area contributed by atoms with E-state index in [9.17, 15) is 4.79 Å². The average molecular weight is 315 g/mol. The standard InChI is InChI=1S/C18H25N3O2/c1-20-14-15(16-4-2-3-5-17(16)20)6-7-18(22)19-8-9-21-10-12-23-13-11-21/h2-5,14H,6-13H2,1H3,(H,19,22). The summed E-state index contributed by atoms with van der Waals surface area (Å²) in [7, 11) is 2.05. The molecule has 0 spiro atoms. The number of hydrogen-bond acceptors (Lipinski definition) is 3. The number of morpholine rings is 1. The summed E-state index contributed by atoms with van der Waals surface area (Å²) in [4.78, 5) is 14.4. The quantitative estimate of drug-likeness (QED) is 0.880. The van der Waals surface area contributed by atoms with Crippen LogP contribution >= 0.6 is 0 Å². The number of carbonyl (C=O) groups excluding carboxylic acids is 1. The lowest BCUT2D eigenvalue weighted by Crippen LogP contribution is -2.41. The van der Waals surface area contributed by atoms with Crippen molar-refractivity contribution in [1.82, 2.24) is 14.8 Å². The first-order valence-corrected chi connectivity index (χ1v) is 8.34. The van der Waals surface area contributed by atoms with Crippen molar-refractivity contribution in [1.29, 1.82) is 0 Å². The molecule has 2 heterocycles. The van der Waals surface area contributed by atoms with Crippen LogP contribution in [0.5, 0.6) is 0 Å². The molecule has 1 aromatic carbocycles.